The highest BCUT2D eigenvalue weighted by Crippen LogP contribution is 2.25. The molecule has 26 heavy (non-hydrogen) atoms. The molecule has 0 amide bonds. The van der Waals surface area contributed by atoms with Gasteiger partial charge in [0.2, 0.25) is 0 Å². The van der Waals surface area contributed by atoms with E-state index >= 15 is 0 Å². The minimum atomic E-state index is -1.06. The van der Waals surface area contributed by atoms with Crippen LogP contribution < -0.4 is 0 Å². The fourth-order valence-electron chi connectivity index (χ4n) is 2.87. The van der Waals surface area contributed by atoms with Gasteiger partial charge >= 0.3 is 5.97 Å². The van der Waals surface area contributed by atoms with E-state index in [4.69, 9.17) is 0 Å². The van der Waals surface area contributed by atoms with E-state index in [-0.39, 0.29) is 11.4 Å². The molecule has 0 aliphatic carbocycles. The number of carboxylic acid groups (broad SMARTS) is 1. The standard InChI is InChI=1S/C20H14FN3O2/c21-15-8-6-14(7-9-15)18-10-16(20(25)26)17-11-22-24(19(17)23-18)12-13-4-2-1-3-5-13/h1-11H,12H2,(H,25,26). The van der Waals surface area contributed by atoms with Crippen LogP contribution in [0.25, 0.3) is 22.3 Å². The smallest absolute Gasteiger partial charge is 0.336 e. The van der Waals surface area contributed by atoms with E-state index in [0.29, 0.717) is 28.8 Å². The lowest BCUT2D eigenvalue weighted by molar-refractivity contribution is 0.0699. The van der Waals surface area contributed by atoms with Crippen molar-refractivity contribution >= 4 is 17.0 Å². The Balaban J connectivity index is 1.87. The van der Waals surface area contributed by atoms with Crippen LogP contribution >= 0.6 is 0 Å². The third kappa shape index (κ3) is 2.93. The first kappa shape index (κ1) is 16.0. The molecule has 4 rings (SSSR count). The molecule has 4 aromatic rings. The Morgan fingerprint density at radius 3 is 2.50 bits per heavy atom. The largest absolute Gasteiger partial charge is 0.478 e. The van der Waals surface area contributed by atoms with E-state index in [1.54, 1.807) is 16.8 Å². The van der Waals surface area contributed by atoms with E-state index in [1.807, 2.05) is 30.3 Å². The summed E-state index contributed by atoms with van der Waals surface area (Å²) in [6.45, 7) is 0.475. The summed E-state index contributed by atoms with van der Waals surface area (Å²) in [6.07, 6.45) is 1.52. The maximum atomic E-state index is 13.2. The van der Waals surface area contributed by atoms with Crippen molar-refractivity contribution < 1.29 is 14.3 Å². The number of pyridine rings is 1. The Morgan fingerprint density at radius 1 is 1.08 bits per heavy atom. The molecule has 2 aromatic heterocycles. The second-order valence-corrected chi connectivity index (χ2v) is 5.89. The van der Waals surface area contributed by atoms with Crippen molar-refractivity contribution in [3.05, 3.63) is 83.8 Å². The molecular weight excluding hydrogens is 333 g/mol. The van der Waals surface area contributed by atoms with E-state index < -0.39 is 5.97 Å². The normalized spacial score (nSPS) is 11.0. The van der Waals surface area contributed by atoms with E-state index in [9.17, 15) is 14.3 Å². The highest BCUT2D eigenvalue weighted by molar-refractivity contribution is 6.02. The van der Waals surface area contributed by atoms with Crippen LogP contribution in [-0.4, -0.2) is 25.8 Å². The van der Waals surface area contributed by atoms with Crippen LogP contribution in [0.15, 0.2) is 66.9 Å². The average Bonchev–Trinajstić information content (AvgIpc) is 3.05. The van der Waals surface area contributed by atoms with Crippen LogP contribution in [-0.2, 0) is 6.54 Å². The molecule has 128 valence electrons. The monoisotopic (exact) mass is 347 g/mol. The van der Waals surface area contributed by atoms with Gasteiger partial charge in [0.25, 0.3) is 0 Å². The Kier molecular flexibility index (Phi) is 3.93. The van der Waals surface area contributed by atoms with Gasteiger partial charge in [-0.1, -0.05) is 30.3 Å². The molecule has 0 aliphatic rings. The first-order chi connectivity index (χ1) is 12.6. The molecule has 0 radical (unpaired) electrons. The second kappa shape index (κ2) is 6.40. The lowest BCUT2D eigenvalue weighted by atomic mass is 10.1. The molecule has 1 N–H and O–H groups in total. The predicted molar refractivity (Wildman–Crippen MR) is 95.4 cm³/mol. The molecule has 0 saturated carbocycles. The molecule has 0 bridgehead atoms. The van der Waals surface area contributed by atoms with Gasteiger partial charge in [0.05, 0.1) is 29.4 Å². The molecule has 0 unspecified atom stereocenters. The Hall–Kier alpha value is -3.54. The van der Waals surface area contributed by atoms with Crippen molar-refractivity contribution in [2.24, 2.45) is 0 Å². The van der Waals surface area contributed by atoms with Gasteiger partial charge in [-0.15, -0.1) is 0 Å². The van der Waals surface area contributed by atoms with E-state index in [2.05, 4.69) is 10.1 Å². The number of fused-ring (bicyclic) bond motifs is 1. The first-order valence-corrected chi connectivity index (χ1v) is 8.01. The van der Waals surface area contributed by atoms with Crippen LogP contribution in [0.1, 0.15) is 15.9 Å². The van der Waals surface area contributed by atoms with E-state index in [0.717, 1.165) is 5.56 Å². The number of carbonyl (C=O) groups is 1. The Bertz CT molecular complexity index is 1090. The summed E-state index contributed by atoms with van der Waals surface area (Å²) in [7, 11) is 0. The number of hydrogen-bond donors (Lipinski definition) is 1. The fraction of sp³-hybridized carbons (Fsp3) is 0.0500. The molecule has 0 saturated heterocycles. The maximum Gasteiger partial charge on any atom is 0.336 e. The van der Waals surface area contributed by atoms with E-state index in [1.165, 1.54) is 24.4 Å². The summed E-state index contributed by atoms with van der Waals surface area (Å²) in [4.78, 5) is 16.3. The third-order valence-electron chi connectivity index (χ3n) is 4.15. The fourth-order valence-corrected chi connectivity index (χ4v) is 2.87. The number of nitrogens with zero attached hydrogens (tertiary/aromatic N) is 3. The number of aromatic nitrogens is 3. The predicted octanol–water partition coefficient (Wildman–Crippen LogP) is 3.98. The minimum Gasteiger partial charge on any atom is -0.478 e. The number of hydrogen-bond acceptors (Lipinski definition) is 3. The molecule has 0 atom stereocenters. The highest BCUT2D eigenvalue weighted by Gasteiger charge is 2.17. The van der Waals surface area contributed by atoms with Crippen molar-refractivity contribution in [3.8, 4) is 11.3 Å². The van der Waals surface area contributed by atoms with Gasteiger partial charge in [0.15, 0.2) is 5.65 Å². The zero-order chi connectivity index (χ0) is 18.1. The third-order valence-corrected chi connectivity index (χ3v) is 4.15. The van der Waals surface area contributed by atoms with Crippen LogP contribution in [0.5, 0.6) is 0 Å². The first-order valence-electron chi connectivity index (χ1n) is 8.01. The van der Waals surface area contributed by atoms with Gasteiger partial charge in [0.1, 0.15) is 5.82 Å². The lowest BCUT2D eigenvalue weighted by Crippen LogP contribution is -2.05. The van der Waals surface area contributed by atoms with Gasteiger partial charge in [-0.2, -0.15) is 5.10 Å². The van der Waals surface area contributed by atoms with Crippen LogP contribution in [0.4, 0.5) is 4.39 Å². The highest BCUT2D eigenvalue weighted by atomic mass is 19.1. The zero-order valence-electron chi connectivity index (χ0n) is 13.6. The van der Waals surface area contributed by atoms with Gasteiger partial charge in [-0.25, -0.2) is 18.9 Å². The van der Waals surface area contributed by atoms with Crippen LogP contribution in [0.2, 0.25) is 0 Å². The lowest BCUT2D eigenvalue weighted by Gasteiger charge is -2.07. The summed E-state index contributed by atoms with van der Waals surface area (Å²) in [5, 5.41) is 14.4. The SMILES string of the molecule is O=C(O)c1cc(-c2ccc(F)cc2)nc2c1cnn2Cc1ccccc1. The van der Waals surface area contributed by atoms with Crippen molar-refractivity contribution in [2.45, 2.75) is 6.54 Å². The number of carboxylic acids is 1. The molecule has 0 spiro atoms. The minimum absolute atomic E-state index is 0.119. The Morgan fingerprint density at radius 2 is 1.81 bits per heavy atom. The van der Waals surface area contributed by atoms with Gasteiger partial charge in [-0.05, 0) is 35.9 Å². The van der Waals surface area contributed by atoms with Gasteiger partial charge in [-0.3, -0.25) is 0 Å². The molecule has 0 aliphatic heterocycles. The topological polar surface area (TPSA) is 68.0 Å². The summed E-state index contributed by atoms with van der Waals surface area (Å²) in [5.41, 5.74) is 2.73. The van der Waals surface area contributed by atoms with Crippen LogP contribution in [0.3, 0.4) is 0 Å². The molecule has 2 aromatic carbocycles. The summed E-state index contributed by atoms with van der Waals surface area (Å²) in [5.74, 6) is -1.41. The maximum absolute atomic E-state index is 13.2. The number of halogens is 1. The Labute approximate surface area is 148 Å². The summed E-state index contributed by atoms with van der Waals surface area (Å²) < 4.78 is 14.9. The summed E-state index contributed by atoms with van der Waals surface area (Å²) in [6, 6.07) is 17.0. The molecular formula is C20H14FN3O2. The molecule has 0 fully saturated rings. The number of rotatable bonds is 4. The number of benzene rings is 2. The quantitative estimate of drug-likeness (QED) is 0.606. The molecule has 6 heteroatoms. The van der Waals surface area contributed by atoms with Gasteiger partial charge < -0.3 is 5.11 Å². The van der Waals surface area contributed by atoms with Crippen molar-refractivity contribution in [3.63, 3.8) is 0 Å². The summed E-state index contributed by atoms with van der Waals surface area (Å²) >= 11 is 0. The van der Waals surface area contributed by atoms with Crippen molar-refractivity contribution in [1.82, 2.24) is 14.8 Å². The van der Waals surface area contributed by atoms with Gasteiger partial charge in [0, 0.05) is 5.56 Å². The average molecular weight is 347 g/mol. The second-order valence-electron chi connectivity index (χ2n) is 5.89. The molecule has 5 nitrogen and oxygen atoms in total. The van der Waals surface area contributed by atoms with Crippen molar-refractivity contribution in [2.75, 3.05) is 0 Å². The molecule has 2 heterocycles. The number of aromatic carboxylic acids is 1. The van der Waals surface area contributed by atoms with Crippen LogP contribution in [0, 0.1) is 5.82 Å². The van der Waals surface area contributed by atoms with Crippen molar-refractivity contribution in [1.29, 1.82) is 0 Å². The zero-order valence-corrected chi connectivity index (χ0v) is 13.6.